The molecule has 0 heterocycles. The maximum Gasteiger partial charge on any atom is 0.242 e. The van der Waals surface area contributed by atoms with Gasteiger partial charge in [0.1, 0.15) is 5.82 Å². The molecule has 4 nitrogen and oxygen atoms in total. The predicted octanol–water partition coefficient (Wildman–Crippen LogP) is 0.0502. The smallest absolute Gasteiger partial charge is 0.242 e. The number of carbonyl (C=O) groups excluding carboxylic acids is 1. The Kier molecular flexibility index (Phi) is 3.55. The largest absolute Gasteiger partial charge is 0.328 e. The zero-order valence-corrected chi connectivity index (χ0v) is 7.53. The van der Waals surface area contributed by atoms with Crippen molar-refractivity contribution in [1.82, 2.24) is 0 Å². The van der Waals surface area contributed by atoms with Gasteiger partial charge in [-0.25, -0.2) is 4.39 Å². The van der Waals surface area contributed by atoms with Crippen LogP contribution in [0.25, 0.3) is 0 Å². The standard InChI is InChI=1S/C9H12FN3O/c10-6-2-1-3-7(4-6)13-9(14)8(12)5-11/h1-4,8H,5,11-12H2,(H,13,14). The molecule has 76 valence electrons. The lowest BCUT2D eigenvalue weighted by Gasteiger charge is -2.09. The zero-order valence-electron chi connectivity index (χ0n) is 7.53. The van der Waals surface area contributed by atoms with Gasteiger partial charge in [-0.2, -0.15) is 0 Å². The molecule has 0 bridgehead atoms. The summed E-state index contributed by atoms with van der Waals surface area (Å²) in [6.07, 6.45) is 0. The van der Waals surface area contributed by atoms with Crippen molar-refractivity contribution in [1.29, 1.82) is 0 Å². The van der Waals surface area contributed by atoms with E-state index in [0.717, 1.165) is 0 Å². The lowest BCUT2D eigenvalue weighted by atomic mass is 10.2. The number of amides is 1. The van der Waals surface area contributed by atoms with Gasteiger partial charge < -0.3 is 16.8 Å². The number of rotatable bonds is 3. The Morgan fingerprint density at radius 3 is 2.86 bits per heavy atom. The van der Waals surface area contributed by atoms with E-state index in [1.165, 1.54) is 18.2 Å². The fourth-order valence-electron chi connectivity index (χ4n) is 0.908. The molecular weight excluding hydrogens is 185 g/mol. The molecule has 0 aromatic heterocycles. The average Bonchev–Trinajstić information content (AvgIpc) is 2.16. The Balaban J connectivity index is 2.65. The van der Waals surface area contributed by atoms with Crippen LogP contribution in [0.2, 0.25) is 0 Å². The van der Waals surface area contributed by atoms with Crippen molar-refractivity contribution >= 4 is 11.6 Å². The Labute approximate surface area is 81.1 Å². The number of anilines is 1. The topological polar surface area (TPSA) is 81.1 Å². The van der Waals surface area contributed by atoms with E-state index in [1.54, 1.807) is 6.07 Å². The van der Waals surface area contributed by atoms with Crippen LogP contribution in [0.3, 0.4) is 0 Å². The van der Waals surface area contributed by atoms with Crippen LogP contribution in [0, 0.1) is 5.82 Å². The highest BCUT2D eigenvalue weighted by molar-refractivity contribution is 5.94. The first kappa shape index (κ1) is 10.6. The van der Waals surface area contributed by atoms with E-state index in [2.05, 4.69) is 5.32 Å². The number of halogens is 1. The predicted molar refractivity (Wildman–Crippen MR) is 52.1 cm³/mol. The summed E-state index contributed by atoms with van der Waals surface area (Å²) in [4.78, 5) is 11.2. The van der Waals surface area contributed by atoms with Crippen LogP contribution in [0.1, 0.15) is 0 Å². The SMILES string of the molecule is NCC(N)C(=O)Nc1cccc(F)c1. The molecule has 0 radical (unpaired) electrons. The minimum atomic E-state index is -0.765. The maximum atomic E-state index is 12.7. The van der Waals surface area contributed by atoms with Gasteiger partial charge in [0, 0.05) is 12.2 Å². The molecule has 0 aliphatic heterocycles. The maximum absolute atomic E-state index is 12.7. The Morgan fingerprint density at radius 1 is 1.57 bits per heavy atom. The summed E-state index contributed by atoms with van der Waals surface area (Å²) in [5, 5.41) is 2.45. The molecule has 1 atom stereocenters. The van der Waals surface area contributed by atoms with Crippen LogP contribution >= 0.6 is 0 Å². The zero-order chi connectivity index (χ0) is 10.6. The summed E-state index contributed by atoms with van der Waals surface area (Å²) in [5.74, 6) is -0.831. The highest BCUT2D eigenvalue weighted by Gasteiger charge is 2.10. The first-order valence-corrected chi connectivity index (χ1v) is 4.15. The summed E-state index contributed by atoms with van der Waals surface area (Å²) in [6.45, 7) is 0.0567. The summed E-state index contributed by atoms with van der Waals surface area (Å²) in [7, 11) is 0. The Hall–Kier alpha value is -1.46. The number of carbonyl (C=O) groups is 1. The first-order valence-electron chi connectivity index (χ1n) is 4.15. The third-order valence-corrected chi connectivity index (χ3v) is 1.68. The van der Waals surface area contributed by atoms with Gasteiger partial charge in [-0.15, -0.1) is 0 Å². The van der Waals surface area contributed by atoms with E-state index >= 15 is 0 Å². The van der Waals surface area contributed by atoms with Crippen molar-refractivity contribution in [2.24, 2.45) is 11.5 Å². The van der Waals surface area contributed by atoms with Gasteiger partial charge in [-0.3, -0.25) is 4.79 Å². The molecule has 0 fully saturated rings. The Bertz CT molecular complexity index is 330. The summed E-state index contributed by atoms with van der Waals surface area (Å²) in [6, 6.07) is 4.81. The number of benzene rings is 1. The lowest BCUT2D eigenvalue weighted by Crippen LogP contribution is -2.41. The first-order chi connectivity index (χ1) is 6.63. The highest BCUT2D eigenvalue weighted by atomic mass is 19.1. The Morgan fingerprint density at radius 2 is 2.29 bits per heavy atom. The molecule has 0 spiro atoms. The molecule has 1 amide bonds. The van der Waals surface area contributed by atoms with Gasteiger partial charge in [0.25, 0.3) is 0 Å². The van der Waals surface area contributed by atoms with E-state index in [-0.39, 0.29) is 6.54 Å². The third kappa shape index (κ3) is 2.79. The van der Waals surface area contributed by atoms with Crippen LogP contribution in [0.4, 0.5) is 10.1 Å². The third-order valence-electron chi connectivity index (χ3n) is 1.68. The molecule has 5 N–H and O–H groups in total. The van der Waals surface area contributed by atoms with Crippen molar-refractivity contribution in [3.05, 3.63) is 30.1 Å². The van der Waals surface area contributed by atoms with Crippen LogP contribution in [0.15, 0.2) is 24.3 Å². The molecular formula is C9H12FN3O. The monoisotopic (exact) mass is 197 g/mol. The minimum Gasteiger partial charge on any atom is -0.328 e. The highest BCUT2D eigenvalue weighted by Crippen LogP contribution is 2.08. The fourth-order valence-corrected chi connectivity index (χ4v) is 0.908. The van der Waals surface area contributed by atoms with Gasteiger partial charge in [0.05, 0.1) is 6.04 Å². The number of hydrogen-bond donors (Lipinski definition) is 3. The van der Waals surface area contributed by atoms with E-state index in [1.807, 2.05) is 0 Å². The normalized spacial score (nSPS) is 12.2. The molecule has 1 unspecified atom stereocenters. The fraction of sp³-hybridized carbons (Fsp3) is 0.222. The van der Waals surface area contributed by atoms with E-state index in [0.29, 0.717) is 5.69 Å². The van der Waals surface area contributed by atoms with Crippen molar-refractivity contribution in [2.45, 2.75) is 6.04 Å². The van der Waals surface area contributed by atoms with Crippen molar-refractivity contribution < 1.29 is 9.18 Å². The van der Waals surface area contributed by atoms with E-state index in [4.69, 9.17) is 11.5 Å². The molecule has 1 aromatic rings. The molecule has 0 aliphatic carbocycles. The second-order valence-electron chi connectivity index (χ2n) is 2.84. The van der Waals surface area contributed by atoms with E-state index in [9.17, 15) is 9.18 Å². The molecule has 0 saturated carbocycles. The second kappa shape index (κ2) is 4.69. The number of hydrogen-bond acceptors (Lipinski definition) is 3. The number of nitrogens with two attached hydrogens (primary N) is 2. The van der Waals surface area contributed by atoms with Crippen LogP contribution in [-0.2, 0) is 4.79 Å². The van der Waals surface area contributed by atoms with Crippen LogP contribution in [-0.4, -0.2) is 18.5 Å². The summed E-state index contributed by atoms with van der Waals surface area (Å²) in [5.41, 5.74) is 10.9. The quantitative estimate of drug-likeness (QED) is 0.640. The van der Waals surface area contributed by atoms with Crippen molar-refractivity contribution in [3.8, 4) is 0 Å². The molecule has 5 heteroatoms. The van der Waals surface area contributed by atoms with Crippen molar-refractivity contribution in [2.75, 3.05) is 11.9 Å². The summed E-state index contributed by atoms with van der Waals surface area (Å²) < 4.78 is 12.7. The molecule has 14 heavy (non-hydrogen) atoms. The van der Waals surface area contributed by atoms with Crippen molar-refractivity contribution in [3.63, 3.8) is 0 Å². The summed E-state index contributed by atoms with van der Waals surface area (Å²) >= 11 is 0. The van der Waals surface area contributed by atoms with Gasteiger partial charge in [0.15, 0.2) is 0 Å². The molecule has 1 aromatic carbocycles. The lowest BCUT2D eigenvalue weighted by molar-refractivity contribution is -0.117. The molecule has 1 rings (SSSR count). The van der Waals surface area contributed by atoms with Gasteiger partial charge in [-0.1, -0.05) is 6.07 Å². The minimum absolute atomic E-state index is 0.0567. The van der Waals surface area contributed by atoms with Crippen LogP contribution in [0.5, 0.6) is 0 Å². The van der Waals surface area contributed by atoms with Gasteiger partial charge in [-0.05, 0) is 18.2 Å². The molecule has 0 aliphatic rings. The second-order valence-corrected chi connectivity index (χ2v) is 2.84. The molecule has 0 saturated heterocycles. The number of nitrogens with one attached hydrogen (secondary N) is 1. The van der Waals surface area contributed by atoms with Crippen LogP contribution < -0.4 is 16.8 Å². The van der Waals surface area contributed by atoms with Gasteiger partial charge in [0.2, 0.25) is 5.91 Å². The average molecular weight is 197 g/mol. The van der Waals surface area contributed by atoms with Gasteiger partial charge >= 0.3 is 0 Å². The van der Waals surface area contributed by atoms with E-state index < -0.39 is 17.8 Å².